The molecular weight excluding hydrogens is 545 g/mol. The number of nitrogens with two attached hydrogens (primary N) is 1. The summed E-state index contributed by atoms with van der Waals surface area (Å²) in [5.74, 6) is 4.66. The molecule has 40 heavy (non-hydrogen) atoms. The first-order valence-electron chi connectivity index (χ1n) is 12.4. The van der Waals surface area contributed by atoms with Gasteiger partial charge in [0, 0.05) is 31.4 Å². The van der Waals surface area contributed by atoms with Crippen molar-refractivity contribution >= 4 is 23.6 Å². The van der Waals surface area contributed by atoms with Gasteiger partial charge in [-0.3, -0.25) is 15.5 Å². The molecule has 2 aromatic rings. The summed E-state index contributed by atoms with van der Waals surface area (Å²) in [5, 5.41) is 27.6. The van der Waals surface area contributed by atoms with Crippen LogP contribution in [0.1, 0.15) is 24.0 Å². The monoisotopic (exact) mass is 574 g/mol. The highest BCUT2D eigenvalue weighted by Crippen LogP contribution is 2.26. The molecule has 1 atom stereocenters. The molecule has 2 aliphatic rings. The van der Waals surface area contributed by atoms with Crippen LogP contribution in [0.2, 0.25) is 0 Å². The fraction of sp³-hybridized carbons (Fsp3) is 0.407. The molecule has 0 spiro atoms. The number of carbonyl (C=O) groups excluding carboxylic acids is 1. The Bertz CT molecular complexity index is 1260. The predicted octanol–water partition coefficient (Wildman–Crippen LogP) is 3.42. The summed E-state index contributed by atoms with van der Waals surface area (Å²) in [6, 6.07) is 20.4. The van der Waals surface area contributed by atoms with Crippen molar-refractivity contribution in [1.29, 1.82) is 10.5 Å². The van der Waals surface area contributed by atoms with E-state index >= 15 is 0 Å². The van der Waals surface area contributed by atoms with Crippen LogP contribution in [0.3, 0.4) is 0 Å². The topological polar surface area (TPSA) is 138 Å². The zero-order chi connectivity index (χ0) is 29.3. The molecular formula is C27H29F3N6O3S. The van der Waals surface area contributed by atoms with Gasteiger partial charge in [-0.1, -0.05) is 42.5 Å². The van der Waals surface area contributed by atoms with Crippen LogP contribution in [0.4, 0.5) is 13.2 Å². The molecule has 13 heteroatoms. The van der Waals surface area contributed by atoms with E-state index < -0.39 is 12.1 Å². The Kier molecular flexibility index (Phi) is 10.9. The SMILES string of the molecule is N#Cc1cc(CN2CCC(N(N)CC(=O)N3CSC[C@H]3C#N)CC2)ccc1-c1ccccc1.O=C(O)C(F)(F)F. The zero-order valence-electron chi connectivity index (χ0n) is 21.5. The maximum absolute atomic E-state index is 12.6. The van der Waals surface area contributed by atoms with Crippen molar-refractivity contribution in [3.63, 3.8) is 0 Å². The van der Waals surface area contributed by atoms with Gasteiger partial charge in [-0.05, 0) is 35.6 Å². The van der Waals surface area contributed by atoms with Gasteiger partial charge < -0.3 is 10.0 Å². The molecule has 2 heterocycles. The van der Waals surface area contributed by atoms with E-state index in [1.54, 1.807) is 21.7 Å². The van der Waals surface area contributed by atoms with Crippen LogP contribution in [0.25, 0.3) is 11.1 Å². The van der Waals surface area contributed by atoms with E-state index in [1.165, 1.54) is 0 Å². The number of amides is 1. The summed E-state index contributed by atoms with van der Waals surface area (Å²) in [4.78, 5) is 25.5. The number of aliphatic carboxylic acids is 1. The van der Waals surface area contributed by atoms with Gasteiger partial charge in [0.2, 0.25) is 5.91 Å². The number of carboxylic acid groups (broad SMARTS) is 1. The third kappa shape index (κ3) is 8.44. The van der Waals surface area contributed by atoms with Crippen molar-refractivity contribution in [3.05, 3.63) is 59.7 Å². The molecule has 212 valence electrons. The van der Waals surface area contributed by atoms with E-state index in [0.29, 0.717) is 17.2 Å². The Labute approximate surface area is 234 Å². The first-order valence-corrected chi connectivity index (χ1v) is 13.6. The van der Waals surface area contributed by atoms with Crippen LogP contribution in [0.15, 0.2) is 48.5 Å². The average Bonchev–Trinajstić information content (AvgIpc) is 3.43. The standard InChI is InChI=1S/C25H28N6OS.C2HF3O2/c26-13-21-12-19(6-7-24(21)20-4-2-1-3-5-20)15-29-10-8-22(9-11-29)31(28)16-25(32)30-18-33-17-23(30)14-27;3-2(4,5)1(6)7/h1-7,12,22-23H,8-11,15-18,28H2;(H,6,7)/t23-;/m1./s1. The second-order valence-electron chi connectivity index (χ2n) is 9.35. The highest BCUT2D eigenvalue weighted by Gasteiger charge is 2.38. The van der Waals surface area contributed by atoms with Gasteiger partial charge in [-0.2, -0.15) is 23.7 Å². The van der Waals surface area contributed by atoms with Crippen molar-refractivity contribution in [2.24, 2.45) is 5.84 Å². The summed E-state index contributed by atoms with van der Waals surface area (Å²) >= 11 is 1.61. The number of carbonyl (C=O) groups is 2. The number of carboxylic acids is 1. The predicted molar refractivity (Wildman–Crippen MR) is 143 cm³/mol. The number of rotatable bonds is 6. The Morgan fingerprint density at radius 3 is 2.35 bits per heavy atom. The maximum atomic E-state index is 12.6. The lowest BCUT2D eigenvalue weighted by atomic mass is 9.97. The van der Waals surface area contributed by atoms with Crippen molar-refractivity contribution in [2.45, 2.75) is 37.6 Å². The molecule has 0 aliphatic carbocycles. The van der Waals surface area contributed by atoms with Crippen LogP contribution < -0.4 is 5.84 Å². The molecule has 2 aliphatic heterocycles. The minimum atomic E-state index is -5.08. The molecule has 0 saturated carbocycles. The number of hydrazine groups is 1. The molecule has 0 radical (unpaired) electrons. The molecule has 0 bridgehead atoms. The molecule has 3 N–H and O–H groups in total. The fourth-order valence-electron chi connectivity index (χ4n) is 4.49. The lowest BCUT2D eigenvalue weighted by Gasteiger charge is -2.36. The highest BCUT2D eigenvalue weighted by atomic mass is 32.2. The van der Waals surface area contributed by atoms with E-state index in [-0.39, 0.29) is 24.5 Å². The van der Waals surface area contributed by atoms with Crippen molar-refractivity contribution < 1.29 is 27.9 Å². The minimum Gasteiger partial charge on any atom is -0.475 e. The molecule has 4 rings (SSSR count). The number of hydrogen-bond donors (Lipinski definition) is 2. The summed E-state index contributed by atoms with van der Waals surface area (Å²) in [5.41, 5.74) is 3.82. The molecule has 0 aromatic heterocycles. The van der Waals surface area contributed by atoms with Gasteiger partial charge in [-0.15, -0.1) is 11.8 Å². The van der Waals surface area contributed by atoms with Crippen LogP contribution in [-0.2, 0) is 16.1 Å². The van der Waals surface area contributed by atoms with Crippen LogP contribution in [0, 0.1) is 22.7 Å². The normalized spacial score (nSPS) is 18.0. The molecule has 2 aromatic carbocycles. The zero-order valence-corrected chi connectivity index (χ0v) is 22.4. The number of likely N-dealkylation sites (tertiary alicyclic amines) is 1. The smallest absolute Gasteiger partial charge is 0.475 e. The first-order chi connectivity index (χ1) is 19.0. The lowest BCUT2D eigenvalue weighted by Crippen LogP contribution is -2.52. The second kappa shape index (κ2) is 14.1. The average molecular weight is 575 g/mol. The number of thioether (sulfide) groups is 1. The van der Waals surface area contributed by atoms with Gasteiger partial charge in [0.1, 0.15) is 6.04 Å². The summed E-state index contributed by atoms with van der Waals surface area (Å²) < 4.78 is 31.7. The lowest BCUT2D eigenvalue weighted by molar-refractivity contribution is -0.192. The number of alkyl halides is 3. The van der Waals surface area contributed by atoms with Crippen molar-refractivity contribution in [3.8, 4) is 23.3 Å². The molecule has 9 nitrogen and oxygen atoms in total. The van der Waals surface area contributed by atoms with E-state index in [4.69, 9.17) is 15.7 Å². The summed E-state index contributed by atoms with van der Waals surface area (Å²) in [7, 11) is 0. The van der Waals surface area contributed by atoms with Crippen LogP contribution >= 0.6 is 11.8 Å². The number of hydrogen-bond acceptors (Lipinski definition) is 8. The number of benzene rings is 2. The number of nitriles is 2. The van der Waals surface area contributed by atoms with Gasteiger partial charge in [-0.25, -0.2) is 9.80 Å². The Hall–Kier alpha value is -3.62. The number of piperidine rings is 1. The molecule has 2 fully saturated rings. The van der Waals surface area contributed by atoms with E-state index in [9.17, 15) is 28.5 Å². The summed E-state index contributed by atoms with van der Waals surface area (Å²) in [6.45, 7) is 2.70. The van der Waals surface area contributed by atoms with E-state index in [2.05, 4.69) is 23.1 Å². The quantitative estimate of drug-likeness (QED) is 0.393. The minimum absolute atomic E-state index is 0.0704. The Morgan fingerprint density at radius 1 is 1.12 bits per heavy atom. The van der Waals surface area contributed by atoms with Gasteiger partial charge in [0.25, 0.3) is 0 Å². The van der Waals surface area contributed by atoms with Gasteiger partial charge in [0.05, 0.1) is 30.1 Å². The molecule has 0 unspecified atom stereocenters. The fourth-order valence-corrected chi connectivity index (χ4v) is 5.59. The number of nitrogens with zero attached hydrogens (tertiary/aromatic N) is 5. The number of halogens is 3. The van der Waals surface area contributed by atoms with Gasteiger partial charge in [0.15, 0.2) is 0 Å². The Morgan fingerprint density at radius 2 is 1.77 bits per heavy atom. The maximum Gasteiger partial charge on any atom is 0.490 e. The van der Waals surface area contributed by atoms with Crippen molar-refractivity contribution in [2.75, 3.05) is 31.3 Å². The second-order valence-corrected chi connectivity index (χ2v) is 10.3. The molecule has 2 saturated heterocycles. The largest absolute Gasteiger partial charge is 0.490 e. The van der Waals surface area contributed by atoms with E-state index in [0.717, 1.165) is 49.2 Å². The van der Waals surface area contributed by atoms with Crippen LogP contribution in [-0.4, -0.2) is 81.3 Å². The van der Waals surface area contributed by atoms with E-state index in [1.807, 2.05) is 42.5 Å². The third-order valence-electron chi connectivity index (χ3n) is 6.63. The van der Waals surface area contributed by atoms with Crippen molar-refractivity contribution in [1.82, 2.24) is 14.8 Å². The van der Waals surface area contributed by atoms with Gasteiger partial charge >= 0.3 is 12.1 Å². The third-order valence-corrected chi connectivity index (χ3v) is 7.65. The highest BCUT2D eigenvalue weighted by molar-refractivity contribution is 7.99. The first kappa shape index (κ1) is 30.9. The Balaban J connectivity index is 0.000000559. The molecule has 1 amide bonds. The summed E-state index contributed by atoms with van der Waals surface area (Å²) in [6.07, 6.45) is -3.32. The van der Waals surface area contributed by atoms with Crippen LogP contribution in [0.5, 0.6) is 0 Å².